The van der Waals surface area contributed by atoms with Gasteiger partial charge in [-0.25, -0.2) is 0 Å². The molecule has 1 rings (SSSR count). The maximum absolute atomic E-state index is 10.5. The largest absolute Gasteiger partial charge is 0.692 e. The number of hydrogen-bond donors (Lipinski definition) is 0. The normalized spacial score (nSPS) is 9.75. The first-order valence-electron chi connectivity index (χ1n) is 1.99. The number of halogens is 1. The third-order valence-corrected chi connectivity index (χ3v) is 1.29. The van der Waals surface area contributed by atoms with E-state index in [1.807, 2.05) is 0 Å². The van der Waals surface area contributed by atoms with Gasteiger partial charge >= 0.3 is 0 Å². The van der Waals surface area contributed by atoms with Crippen LogP contribution in [0.2, 0.25) is 0 Å². The molecular formula is C3H4BrN3O. The van der Waals surface area contributed by atoms with Gasteiger partial charge in [0.1, 0.15) is 0 Å². The molecule has 0 radical (unpaired) electrons. The SMILES string of the molecule is Cn1ncc(Br)[n+]1[O-]. The molecular weight excluding hydrogens is 174 g/mol. The second-order valence-electron chi connectivity index (χ2n) is 1.33. The summed E-state index contributed by atoms with van der Waals surface area (Å²) in [6, 6.07) is 0. The van der Waals surface area contributed by atoms with Crippen LogP contribution in [0.3, 0.4) is 0 Å². The van der Waals surface area contributed by atoms with Crippen molar-refractivity contribution in [3.63, 3.8) is 0 Å². The predicted molar refractivity (Wildman–Crippen MR) is 29.9 cm³/mol. The molecule has 1 aromatic heterocycles. The zero-order valence-corrected chi connectivity index (χ0v) is 5.79. The number of rotatable bonds is 0. The van der Waals surface area contributed by atoms with E-state index >= 15 is 0 Å². The van der Waals surface area contributed by atoms with E-state index in [-0.39, 0.29) is 0 Å². The number of aromatic nitrogens is 3. The Kier molecular flexibility index (Phi) is 1.21. The van der Waals surface area contributed by atoms with Crippen molar-refractivity contribution in [2.75, 3.05) is 0 Å². The standard InChI is InChI=1S/C3H4BrN3O/c1-6-5-2-3(4)7(6)8/h2H,1H3. The molecule has 0 N–H and O–H groups in total. The molecule has 0 spiro atoms. The molecule has 0 fully saturated rings. The van der Waals surface area contributed by atoms with Crippen LogP contribution in [-0.4, -0.2) is 9.90 Å². The highest BCUT2D eigenvalue weighted by atomic mass is 79.9. The molecule has 0 atom stereocenters. The average molecular weight is 178 g/mol. The quantitative estimate of drug-likeness (QED) is 0.408. The van der Waals surface area contributed by atoms with Crippen LogP contribution in [0.15, 0.2) is 10.8 Å². The summed E-state index contributed by atoms with van der Waals surface area (Å²) >= 11 is 2.98. The van der Waals surface area contributed by atoms with E-state index in [2.05, 4.69) is 21.0 Å². The smallest absolute Gasteiger partial charge is 0.239 e. The van der Waals surface area contributed by atoms with Crippen LogP contribution in [-0.2, 0) is 7.05 Å². The molecule has 5 heteroatoms. The number of hydrogen-bond acceptors (Lipinski definition) is 2. The highest BCUT2D eigenvalue weighted by Crippen LogP contribution is 1.96. The van der Waals surface area contributed by atoms with Crippen molar-refractivity contribution in [3.05, 3.63) is 16.0 Å². The molecule has 0 saturated heterocycles. The van der Waals surface area contributed by atoms with Crippen LogP contribution >= 0.6 is 15.9 Å². The Labute approximate surface area is 54.4 Å². The van der Waals surface area contributed by atoms with Crippen LogP contribution in [0.1, 0.15) is 0 Å². The number of aryl methyl sites for hydroxylation is 1. The van der Waals surface area contributed by atoms with Gasteiger partial charge in [0.25, 0.3) is 0 Å². The van der Waals surface area contributed by atoms with E-state index in [9.17, 15) is 5.21 Å². The van der Waals surface area contributed by atoms with Gasteiger partial charge in [-0.15, -0.1) is 4.85 Å². The van der Waals surface area contributed by atoms with Crippen LogP contribution in [0.25, 0.3) is 0 Å². The molecule has 0 bridgehead atoms. The highest BCUT2D eigenvalue weighted by Gasteiger charge is 2.01. The van der Waals surface area contributed by atoms with Crippen molar-refractivity contribution in [3.8, 4) is 0 Å². The van der Waals surface area contributed by atoms with E-state index in [1.54, 1.807) is 7.05 Å². The molecule has 8 heavy (non-hydrogen) atoms. The van der Waals surface area contributed by atoms with Crippen LogP contribution in [0, 0.1) is 5.21 Å². The summed E-state index contributed by atoms with van der Waals surface area (Å²) in [6.07, 6.45) is 1.44. The fourth-order valence-corrected chi connectivity index (χ4v) is 0.687. The number of nitrogens with zero attached hydrogens (tertiary/aromatic N) is 3. The lowest BCUT2D eigenvalue weighted by Gasteiger charge is -1.96. The third kappa shape index (κ3) is 0.686. The van der Waals surface area contributed by atoms with E-state index in [4.69, 9.17) is 0 Å². The van der Waals surface area contributed by atoms with Gasteiger partial charge in [0.2, 0.25) is 10.8 Å². The van der Waals surface area contributed by atoms with E-state index < -0.39 is 0 Å². The zero-order valence-electron chi connectivity index (χ0n) is 4.21. The summed E-state index contributed by atoms with van der Waals surface area (Å²) in [5, 5.41) is 14.2. The van der Waals surface area contributed by atoms with E-state index in [0.29, 0.717) is 9.45 Å². The minimum Gasteiger partial charge on any atom is -0.692 e. The highest BCUT2D eigenvalue weighted by molar-refractivity contribution is 9.10. The minimum atomic E-state index is 0.431. The average Bonchev–Trinajstić information content (AvgIpc) is 1.98. The topological polar surface area (TPSA) is 44.8 Å². The molecule has 1 heterocycles. The molecule has 1 aromatic rings. The molecule has 0 amide bonds. The van der Waals surface area contributed by atoms with Gasteiger partial charge in [0.15, 0.2) is 0 Å². The molecule has 0 unspecified atom stereocenters. The first-order chi connectivity index (χ1) is 3.72. The van der Waals surface area contributed by atoms with Gasteiger partial charge in [-0.3, -0.25) is 0 Å². The predicted octanol–water partition coefficient (Wildman–Crippen LogP) is -0.184. The maximum Gasteiger partial charge on any atom is 0.239 e. The lowest BCUT2D eigenvalue weighted by atomic mass is 11.0. The summed E-state index contributed by atoms with van der Waals surface area (Å²) in [6.45, 7) is 0. The Balaban J connectivity index is 3.19. The maximum atomic E-state index is 10.5. The van der Waals surface area contributed by atoms with Crippen LogP contribution < -0.4 is 4.85 Å². The fraction of sp³-hybridized carbons (Fsp3) is 0.333. The summed E-state index contributed by atoms with van der Waals surface area (Å²) in [4.78, 5) is 1.82. The van der Waals surface area contributed by atoms with Crippen molar-refractivity contribution in [1.82, 2.24) is 9.90 Å². The summed E-state index contributed by atoms with van der Waals surface area (Å²) in [7, 11) is 1.57. The molecule has 0 aromatic carbocycles. The lowest BCUT2D eigenvalue weighted by molar-refractivity contribution is -0.706. The Morgan fingerprint density at radius 3 is 2.75 bits per heavy atom. The van der Waals surface area contributed by atoms with Gasteiger partial charge in [0, 0.05) is 21.0 Å². The third-order valence-electron chi connectivity index (χ3n) is 0.777. The lowest BCUT2D eigenvalue weighted by Crippen LogP contribution is -2.36. The van der Waals surface area contributed by atoms with Gasteiger partial charge in [-0.05, 0) is 4.80 Å². The van der Waals surface area contributed by atoms with Crippen LogP contribution in [0.4, 0.5) is 0 Å². The van der Waals surface area contributed by atoms with Crippen molar-refractivity contribution in [2.24, 2.45) is 7.05 Å². The Morgan fingerprint density at radius 2 is 2.62 bits per heavy atom. The zero-order chi connectivity index (χ0) is 6.15. The van der Waals surface area contributed by atoms with E-state index in [1.165, 1.54) is 11.0 Å². The molecule has 44 valence electrons. The van der Waals surface area contributed by atoms with Crippen molar-refractivity contribution in [1.29, 1.82) is 0 Å². The monoisotopic (exact) mass is 177 g/mol. The molecule has 0 aliphatic rings. The second kappa shape index (κ2) is 1.74. The second-order valence-corrected chi connectivity index (χ2v) is 2.14. The van der Waals surface area contributed by atoms with Crippen LogP contribution in [0.5, 0.6) is 0 Å². The Hall–Kier alpha value is -0.580. The van der Waals surface area contributed by atoms with Crippen molar-refractivity contribution in [2.45, 2.75) is 0 Å². The van der Waals surface area contributed by atoms with E-state index in [0.717, 1.165) is 0 Å². The molecule has 0 saturated carbocycles. The van der Waals surface area contributed by atoms with Gasteiger partial charge in [0.05, 0.1) is 7.05 Å². The Bertz CT molecular complexity index is 177. The first kappa shape index (κ1) is 5.55. The minimum absolute atomic E-state index is 0.431. The molecule has 4 nitrogen and oxygen atoms in total. The van der Waals surface area contributed by atoms with Gasteiger partial charge < -0.3 is 5.21 Å². The summed E-state index contributed by atoms with van der Waals surface area (Å²) in [5.74, 6) is 0. The van der Waals surface area contributed by atoms with Gasteiger partial charge in [-0.1, -0.05) is 0 Å². The first-order valence-corrected chi connectivity index (χ1v) is 2.78. The van der Waals surface area contributed by atoms with Gasteiger partial charge in [-0.2, -0.15) is 0 Å². The van der Waals surface area contributed by atoms with Crippen molar-refractivity contribution >= 4 is 15.9 Å². The summed E-state index contributed by atoms with van der Waals surface area (Å²) < 4.78 is 0.431. The molecule has 0 aliphatic carbocycles. The fourth-order valence-electron chi connectivity index (χ4n) is 0.366. The summed E-state index contributed by atoms with van der Waals surface area (Å²) in [5.41, 5.74) is 0. The molecule has 0 aliphatic heterocycles. The van der Waals surface area contributed by atoms with Crippen molar-refractivity contribution < 1.29 is 4.85 Å². The Morgan fingerprint density at radius 1 is 2.00 bits per heavy atom.